The van der Waals surface area contributed by atoms with E-state index in [4.69, 9.17) is 26.2 Å². The van der Waals surface area contributed by atoms with Crippen LogP contribution >= 0.6 is 0 Å². The Morgan fingerprint density at radius 1 is 0.500 bits per heavy atom. The molecule has 0 amide bonds. The van der Waals surface area contributed by atoms with Crippen molar-refractivity contribution in [1.82, 2.24) is 14.1 Å². The summed E-state index contributed by atoms with van der Waals surface area (Å²) >= 11 is 0. The van der Waals surface area contributed by atoms with Crippen molar-refractivity contribution in [2.45, 2.75) is 91.9 Å². The third-order valence-corrected chi connectivity index (χ3v) is 14.4. The highest BCUT2D eigenvalue weighted by molar-refractivity contribution is 6.23. The van der Waals surface area contributed by atoms with Gasteiger partial charge in [-0.1, -0.05) is 177 Å². The summed E-state index contributed by atoms with van der Waals surface area (Å²) in [5.74, 6) is 1.97. The van der Waals surface area contributed by atoms with E-state index in [0.717, 1.165) is 55.5 Å². The van der Waals surface area contributed by atoms with Crippen molar-refractivity contribution in [3.8, 4) is 28.4 Å². The van der Waals surface area contributed by atoms with E-state index in [9.17, 15) is 0 Å². The van der Waals surface area contributed by atoms with Gasteiger partial charge in [0, 0.05) is 67.6 Å². The Hall–Kier alpha value is -7.89. The van der Waals surface area contributed by atoms with Crippen LogP contribution in [-0.4, -0.2) is 14.1 Å². The number of para-hydroxylation sites is 3. The molecule has 5 nitrogen and oxygen atoms in total. The number of pyridine rings is 1. The van der Waals surface area contributed by atoms with Crippen molar-refractivity contribution in [2.75, 3.05) is 4.90 Å². The third kappa shape index (κ3) is 7.56. The summed E-state index contributed by atoms with van der Waals surface area (Å²) in [6.45, 7) is -0.588. The second kappa shape index (κ2) is 16.6. The van der Waals surface area contributed by atoms with Crippen LogP contribution in [0.5, 0.6) is 11.5 Å². The molecule has 72 heavy (non-hydrogen) atoms. The summed E-state index contributed by atoms with van der Waals surface area (Å²) < 4.78 is 117. The average Bonchev–Trinajstić information content (AvgIpc) is 0.977. The van der Waals surface area contributed by atoms with Crippen molar-refractivity contribution in [3.63, 3.8) is 0 Å². The fraction of sp³-hybridized carbons (Fsp3) is 0.209. The number of hydrogen-bond acceptors (Lipinski definition) is 3. The highest BCUT2D eigenvalue weighted by Gasteiger charge is 2.28. The molecular weight excluding hydrogens is 877 g/mol. The minimum Gasteiger partial charge on any atom is -0.457 e. The lowest BCUT2D eigenvalue weighted by molar-refractivity contribution is 0.483. The zero-order valence-electron chi connectivity index (χ0n) is 53.2. The molecule has 0 aliphatic carbocycles. The van der Waals surface area contributed by atoms with Gasteiger partial charge in [0.05, 0.1) is 27.8 Å². The first-order chi connectivity index (χ1) is 39.5. The molecule has 4 heterocycles. The summed E-state index contributed by atoms with van der Waals surface area (Å²) in [7, 11) is 0. The van der Waals surface area contributed by atoms with Gasteiger partial charge in [-0.15, -0.1) is 0 Å². The SMILES string of the molecule is [2H]C([2H])([2H])c1cccc2c3cccc4c3n(c3c(-c5cc(C(C)(C)C)cc(C(C([2H])([2H])[2H])(C([2H])([2H])[2H])C([2H])([2H])[2H])c5)cccc3c3ccccc3c12)CN4c1cccc(Oc2ccc3c4ccccc4n(-c4cc(C(C)(C)C)ccn4)c3c2)c1. The number of ether oxygens (including phenoxy) is 1. The molecular formula is C67H62N4O. The quantitative estimate of drug-likeness (QED) is 0.172. The van der Waals surface area contributed by atoms with E-state index in [0.29, 0.717) is 60.6 Å². The number of benzene rings is 8. The largest absolute Gasteiger partial charge is 0.457 e. The van der Waals surface area contributed by atoms with Gasteiger partial charge < -0.3 is 14.2 Å². The molecule has 1 aliphatic heterocycles. The summed E-state index contributed by atoms with van der Waals surface area (Å²) in [5, 5.41) is 6.17. The molecule has 0 atom stereocenters. The molecule has 356 valence electrons. The van der Waals surface area contributed by atoms with Gasteiger partial charge in [0.2, 0.25) is 0 Å². The lowest BCUT2D eigenvalue weighted by Gasteiger charge is -2.27. The van der Waals surface area contributed by atoms with Crippen molar-refractivity contribution >= 4 is 76.5 Å². The van der Waals surface area contributed by atoms with Gasteiger partial charge >= 0.3 is 0 Å². The van der Waals surface area contributed by atoms with Crippen molar-refractivity contribution in [2.24, 2.45) is 0 Å². The van der Waals surface area contributed by atoms with E-state index in [-0.39, 0.29) is 23.2 Å². The van der Waals surface area contributed by atoms with Crippen LogP contribution in [0.15, 0.2) is 182 Å². The molecule has 0 N–H and O–H groups in total. The fourth-order valence-corrected chi connectivity index (χ4v) is 10.8. The smallest absolute Gasteiger partial charge is 0.137 e. The molecule has 3 aromatic heterocycles. The minimum absolute atomic E-state index is 0.102. The fourth-order valence-electron chi connectivity index (χ4n) is 10.8. The van der Waals surface area contributed by atoms with Crippen LogP contribution in [0.3, 0.4) is 0 Å². The summed E-state index contributed by atoms with van der Waals surface area (Å²) in [4.78, 5) is 7.05. The number of aryl methyl sites for hydroxylation is 1. The lowest BCUT2D eigenvalue weighted by atomic mass is 9.78. The van der Waals surface area contributed by atoms with Gasteiger partial charge in [-0.25, -0.2) is 4.98 Å². The summed E-state index contributed by atoms with van der Waals surface area (Å²) in [6, 6.07) is 56.0. The normalized spacial score (nSPS) is 16.2. The first-order valence-electron chi connectivity index (χ1n) is 30.5. The van der Waals surface area contributed by atoms with Gasteiger partial charge in [-0.05, 0) is 121 Å². The Bertz CT molecular complexity index is 4510. The van der Waals surface area contributed by atoms with Crippen LogP contribution in [0.2, 0.25) is 0 Å². The average molecular weight is 951 g/mol. The van der Waals surface area contributed by atoms with Crippen LogP contribution in [0.1, 0.15) is 101 Å². The van der Waals surface area contributed by atoms with Crippen LogP contribution in [0, 0.1) is 6.85 Å². The van der Waals surface area contributed by atoms with Gasteiger partial charge in [0.15, 0.2) is 0 Å². The highest BCUT2D eigenvalue weighted by atomic mass is 16.5. The van der Waals surface area contributed by atoms with Gasteiger partial charge in [-0.3, -0.25) is 4.57 Å². The molecule has 0 bridgehead atoms. The Morgan fingerprint density at radius 2 is 1.14 bits per heavy atom. The maximum atomic E-state index is 8.94. The second-order valence-corrected chi connectivity index (χ2v) is 21.2. The van der Waals surface area contributed by atoms with Gasteiger partial charge in [0.25, 0.3) is 0 Å². The Kier molecular flexibility index (Phi) is 7.76. The topological polar surface area (TPSA) is 35.2 Å². The van der Waals surface area contributed by atoms with Crippen molar-refractivity contribution < 1.29 is 21.2 Å². The number of aromatic nitrogens is 3. The lowest BCUT2D eigenvalue weighted by Crippen LogP contribution is -2.17. The maximum Gasteiger partial charge on any atom is 0.137 e. The zero-order valence-corrected chi connectivity index (χ0v) is 41.2. The Morgan fingerprint density at radius 3 is 1.92 bits per heavy atom. The van der Waals surface area contributed by atoms with Gasteiger partial charge in [-0.2, -0.15) is 0 Å². The van der Waals surface area contributed by atoms with Gasteiger partial charge in [0.1, 0.15) is 24.0 Å². The number of nitrogens with zero attached hydrogens (tertiary/aromatic N) is 4. The number of rotatable bonds is 5. The Labute approximate surface area is 440 Å². The molecule has 11 aromatic rings. The van der Waals surface area contributed by atoms with Crippen LogP contribution in [0.4, 0.5) is 11.4 Å². The molecule has 0 fully saturated rings. The molecule has 1 aliphatic rings. The monoisotopic (exact) mass is 951 g/mol. The first kappa shape index (κ1) is 33.7. The molecule has 0 spiro atoms. The molecule has 12 rings (SSSR count). The molecule has 0 saturated carbocycles. The molecule has 0 unspecified atom stereocenters. The van der Waals surface area contributed by atoms with Crippen LogP contribution < -0.4 is 9.64 Å². The molecule has 5 heteroatoms. The van der Waals surface area contributed by atoms with Crippen LogP contribution in [0.25, 0.3) is 82.1 Å². The number of fused-ring (bicyclic) bond motifs is 10. The molecule has 8 aromatic carbocycles. The Balaban J connectivity index is 1.12. The van der Waals surface area contributed by atoms with E-state index in [1.165, 1.54) is 12.1 Å². The van der Waals surface area contributed by atoms with E-state index < -0.39 is 38.2 Å². The van der Waals surface area contributed by atoms with E-state index >= 15 is 0 Å². The predicted molar refractivity (Wildman–Crippen MR) is 306 cm³/mol. The van der Waals surface area contributed by atoms with E-state index in [1.807, 2.05) is 148 Å². The highest BCUT2D eigenvalue weighted by Crippen LogP contribution is 2.46. The maximum absolute atomic E-state index is 8.94. The van der Waals surface area contributed by atoms with Crippen LogP contribution in [-0.2, 0) is 22.9 Å². The third-order valence-electron chi connectivity index (χ3n) is 14.4. The molecule has 0 saturated heterocycles. The predicted octanol–water partition coefficient (Wildman–Crippen LogP) is 18.5. The number of hydrogen-bond donors (Lipinski definition) is 0. The summed E-state index contributed by atoms with van der Waals surface area (Å²) in [5.41, 5.74) is 3.22. The standard InChI is InChI=1S/C67H62N4O/c1-42-19-15-26-55-57-28-18-30-59-64(57)70(63-50(25-17-27-56(63)51-22-11-12-24-54(51)62(42)55)43-35-45(66(5,6)7)37-46(36-43)67(8,9)10)41-69(59)47-20-16-21-48(39-47)72-49-31-32-53-52-23-13-14-29-58(52)71(60(53)40-49)61-38-44(33-34-68-61)65(2,3)4/h11-40H,41H2,1-10H3/i1D3,5D3,6D3,7D3. The van der Waals surface area contributed by atoms with Crippen molar-refractivity contribution in [3.05, 3.63) is 204 Å². The number of anilines is 2. The minimum atomic E-state index is -3.52. The first-order valence-corrected chi connectivity index (χ1v) is 24.5. The molecule has 0 radical (unpaired) electrons. The zero-order chi connectivity index (χ0) is 59.8. The van der Waals surface area contributed by atoms with E-state index in [1.54, 1.807) is 12.1 Å². The second-order valence-electron chi connectivity index (χ2n) is 21.2. The summed E-state index contributed by atoms with van der Waals surface area (Å²) in [6.07, 6.45) is 1.86. The van der Waals surface area contributed by atoms with E-state index in [2.05, 4.69) is 65.1 Å². The van der Waals surface area contributed by atoms with Crippen molar-refractivity contribution in [1.29, 1.82) is 0 Å².